The molecular formula is C30H30O13. The zero-order valence-corrected chi connectivity index (χ0v) is 23.0. The first-order chi connectivity index (χ1) is 20.6. The second-order valence-electron chi connectivity index (χ2n) is 10.5. The van der Waals surface area contributed by atoms with Crippen LogP contribution in [0.25, 0.3) is 11.1 Å². The maximum Gasteiger partial charge on any atom is 0.335 e. The van der Waals surface area contributed by atoms with Gasteiger partial charge in [-0.2, -0.15) is 0 Å². The first kappa shape index (κ1) is 28.8. The summed E-state index contributed by atoms with van der Waals surface area (Å²) in [5, 5.41) is 61.4. The van der Waals surface area contributed by atoms with E-state index in [0.29, 0.717) is 39.7 Å². The van der Waals surface area contributed by atoms with E-state index in [1.54, 1.807) is 18.2 Å². The van der Waals surface area contributed by atoms with Gasteiger partial charge in [0, 0.05) is 17.2 Å². The van der Waals surface area contributed by atoms with Gasteiger partial charge in [-0.15, -0.1) is 0 Å². The number of hydrogen-bond donors (Lipinski definition) is 6. The lowest BCUT2D eigenvalue weighted by atomic mass is 9.85. The quantitative estimate of drug-likeness (QED) is 0.228. The Morgan fingerprint density at radius 3 is 2.51 bits per heavy atom. The summed E-state index contributed by atoms with van der Waals surface area (Å²) in [5.41, 5.74) is 2.48. The molecule has 3 aromatic carbocycles. The molecule has 3 aliphatic heterocycles. The molecule has 43 heavy (non-hydrogen) atoms. The highest BCUT2D eigenvalue weighted by Gasteiger charge is 2.57. The van der Waals surface area contributed by atoms with Gasteiger partial charge < -0.3 is 59.1 Å². The number of aliphatic hydroxyl groups is 4. The van der Waals surface area contributed by atoms with Crippen LogP contribution in [-0.2, 0) is 9.53 Å². The van der Waals surface area contributed by atoms with Crippen molar-refractivity contribution in [3.8, 4) is 45.6 Å². The number of phenols is 1. The molecule has 0 aliphatic carbocycles. The monoisotopic (exact) mass is 598 g/mol. The molecule has 3 heterocycles. The molecule has 6 rings (SSSR count). The zero-order chi connectivity index (χ0) is 30.6. The molecule has 0 spiro atoms. The Morgan fingerprint density at radius 2 is 1.84 bits per heavy atom. The molecule has 0 unspecified atom stereocenters. The van der Waals surface area contributed by atoms with Gasteiger partial charge in [0.05, 0.1) is 26.7 Å². The van der Waals surface area contributed by atoms with Crippen LogP contribution in [0.15, 0.2) is 48.5 Å². The van der Waals surface area contributed by atoms with Gasteiger partial charge in [0.1, 0.15) is 42.2 Å². The van der Waals surface area contributed by atoms with Gasteiger partial charge in [-0.25, -0.2) is 4.79 Å². The summed E-state index contributed by atoms with van der Waals surface area (Å²) in [6, 6.07) is 13.1. The summed E-state index contributed by atoms with van der Waals surface area (Å²) in [6.45, 7) is -0.884. The Kier molecular flexibility index (Phi) is 7.22. The Balaban J connectivity index is 1.47. The number of methoxy groups -OCH3 is 2. The predicted octanol–water partition coefficient (Wildman–Crippen LogP) is 1.32. The van der Waals surface area contributed by atoms with Crippen molar-refractivity contribution >= 4 is 5.97 Å². The molecule has 6 N–H and O–H groups in total. The molecule has 3 aromatic rings. The van der Waals surface area contributed by atoms with Gasteiger partial charge in [0.25, 0.3) is 5.79 Å². The van der Waals surface area contributed by atoms with E-state index in [2.05, 4.69) is 0 Å². The highest BCUT2D eigenvalue weighted by atomic mass is 16.7. The third-order valence-corrected chi connectivity index (χ3v) is 8.03. The van der Waals surface area contributed by atoms with Gasteiger partial charge in [0.15, 0.2) is 23.7 Å². The number of fused-ring (bicyclic) bond motifs is 5. The Morgan fingerprint density at radius 1 is 1.05 bits per heavy atom. The molecule has 0 radical (unpaired) electrons. The minimum atomic E-state index is -2.47. The maximum absolute atomic E-state index is 11.7. The maximum atomic E-state index is 11.7. The van der Waals surface area contributed by atoms with E-state index in [9.17, 15) is 35.4 Å². The molecule has 0 amide bonds. The van der Waals surface area contributed by atoms with Crippen LogP contribution in [0.5, 0.6) is 34.5 Å². The van der Waals surface area contributed by atoms with Crippen molar-refractivity contribution in [3.05, 3.63) is 59.7 Å². The number of rotatable bonds is 7. The Hall–Kier alpha value is -4.27. The van der Waals surface area contributed by atoms with Gasteiger partial charge in [-0.1, -0.05) is 18.2 Å². The van der Waals surface area contributed by atoms with E-state index in [0.717, 1.165) is 5.56 Å². The zero-order valence-electron chi connectivity index (χ0n) is 23.0. The third-order valence-electron chi connectivity index (χ3n) is 8.03. The third kappa shape index (κ3) is 4.56. The van der Waals surface area contributed by atoms with Crippen LogP contribution in [0.3, 0.4) is 0 Å². The van der Waals surface area contributed by atoms with E-state index >= 15 is 0 Å². The van der Waals surface area contributed by atoms with E-state index in [-0.39, 0.29) is 24.0 Å². The second kappa shape index (κ2) is 10.8. The smallest absolute Gasteiger partial charge is 0.335 e. The van der Waals surface area contributed by atoms with E-state index in [1.807, 2.05) is 6.07 Å². The van der Waals surface area contributed by atoms with Crippen LogP contribution in [0, 0.1) is 0 Å². The average molecular weight is 599 g/mol. The van der Waals surface area contributed by atoms with E-state index in [1.165, 1.54) is 38.5 Å². The van der Waals surface area contributed by atoms with Crippen molar-refractivity contribution in [1.82, 2.24) is 0 Å². The fourth-order valence-corrected chi connectivity index (χ4v) is 5.93. The number of phenolic OH excluding ortho intramolecular Hbond substituents is 1. The minimum Gasteiger partial charge on any atom is -0.508 e. The molecule has 1 saturated heterocycles. The number of benzene rings is 3. The van der Waals surface area contributed by atoms with E-state index in [4.69, 9.17) is 28.4 Å². The van der Waals surface area contributed by atoms with E-state index < -0.39 is 48.9 Å². The number of ether oxygens (including phenoxy) is 6. The fourth-order valence-electron chi connectivity index (χ4n) is 5.93. The molecule has 0 aromatic heterocycles. The van der Waals surface area contributed by atoms with Gasteiger partial charge in [-0.3, -0.25) is 0 Å². The summed E-state index contributed by atoms with van der Waals surface area (Å²) < 4.78 is 35.0. The highest BCUT2D eigenvalue weighted by Crippen LogP contribution is 2.58. The molecule has 13 nitrogen and oxygen atoms in total. The number of carbonyl (C=O) groups is 1. The van der Waals surface area contributed by atoms with Crippen molar-refractivity contribution < 1.29 is 63.9 Å². The number of aliphatic hydroxyl groups excluding tert-OH is 4. The molecule has 3 aliphatic rings. The van der Waals surface area contributed by atoms with Crippen molar-refractivity contribution in [2.75, 3.05) is 27.4 Å². The van der Waals surface area contributed by atoms with Crippen molar-refractivity contribution in [2.45, 2.75) is 42.2 Å². The van der Waals surface area contributed by atoms with Crippen LogP contribution >= 0.6 is 0 Å². The van der Waals surface area contributed by atoms with Crippen LogP contribution in [0.4, 0.5) is 0 Å². The SMILES string of the molecule is COc1ccc2c(c1OC)O[C@@H]1c3c(cc(O[C@@]4(CO)O[C@H](C(=O)O)[C@@H](O)[C@H](O)[C@H]4O)cc3-c3cccc(O)c3)OC[C@@H]21. The number of aliphatic carboxylic acids is 1. The standard InChI is InChI=1S/C30H30O13/c1-38-19-7-6-16-18-11-40-20-10-15(42-30(12-31)28(35)23(34)22(33)27(43-30)29(36)37)9-17(13-4-3-5-14(32)8-13)21(20)24(18)41-25(16)26(19)39-2/h3-10,18,22-24,27-28,31-35H,11-12H2,1-2H3,(H,36,37)/t18-,22-,23-,24-,27-,28+,30-/m0/s1. The largest absolute Gasteiger partial charge is 0.508 e. The topological polar surface area (TPSA) is 194 Å². The Labute approximate surface area is 245 Å². The van der Waals surface area contributed by atoms with Gasteiger partial charge in [-0.05, 0) is 35.4 Å². The lowest BCUT2D eigenvalue weighted by molar-refractivity contribution is -0.338. The number of carboxylic acids is 1. The molecular weight excluding hydrogens is 568 g/mol. The summed E-state index contributed by atoms with van der Waals surface area (Å²) in [5.74, 6) is -2.67. The summed E-state index contributed by atoms with van der Waals surface area (Å²) in [6.07, 6.45) is -8.62. The lowest BCUT2D eigenvalue weighted by Crippen LogP contribution is -2.69. The van der Waals surface area contributed by atoms with Gasteiger partial charge >= 0.3 is 5.97 Å². The van der Waals surface area contributed by atoms with Crippen molar-refractivity contribution in [1.29, 1.82) is 0 Å². The van der Waals surface area contributed by atoms with Crippen molar-refractivity contribution in [2.24, 2.45) is 0 Å². The predicted molar refractivity (Wildman–Crippen MR) is 146 cm³/mol. The average Bonchev–Trinajstić information content (AvgIpc) is 3.39. The first-order valence-electron chi connectivity index (χ1n) is 13.4. The molecule has 0 saturated carbocycles. The number of hydrogen-bond acceptors (Lipinski definition) is 12. The lowest BCUT2D eigenvalue weighted by Gasteiger charge is -2.46. The van der Waals surface area contributed by atoms with Crippen LogP contribution in [0.1, 0.15) is 23.1 Å². The normalized spacial score (nSPS) is 28.9. The van der Waals surface area contributed by atoms with Crippen LogP contribution < -0.4 is 23.7 Å². The summed E-state index contributed by atoms with van der Waals surface area (Å²) >= 11 is 0. The highest BCUT2D eigenvalue weighted by molar-refractivity contribution is 5.76. The minimum absolute atomic E-state index is 0.0212. The number of carboxylic acid groups (broad SMARTS) is 1. The Bertz CT molecular complexity index is 1560. The molecule has 0 bridgehead atoms. The number of aromatic hydroxyl groups is 1. The fraction of sp³-hybridized carbons (Fsp3) is 0.367. The van der Waals surface area contributed by atoms with Gasteiger partial charge in [0.2, 0.25) is 5.75 Å². The van der Waals surface area contributed by atoms with Crippen LogP contribution in [0.2, 0.25) is 0 Å². The van der Waals surface area contributed by atoms with Crippen molar-refractivity contribution in [3.63, 3.8) is 0 Å². The first-order valence-corrected chi connectivity index (χ1v) is 13.4. The molecule has 1 fully saturated rings. The molecule has 7 atom stereocenters. The summed E-state index contributed by atoms with van der Waals surface area (Å²) in [4.78, 5) is 11.7. The summed E-state index contributed by atoms with van der Waals surface area (Å²) in [7, 11) is 3.04. The second-order valence-corrected chi connectivity index (χ2v) is 10.5. The molecule has 228 valence electrons. The molecule has 13 heteroatoms. The van der Waals surface area contributed by atoms with Crippen LogP contribution in [-0.4, -0.2) is 94.2 Å².